The van der Waals surface area contributed by atoms with E-state index in [9.17, 15) is 8.42 Å². The van der Waals surface area contributed by atoms with Gasteiger partial charge >= 0.3 is 0 Å². The van der Waals surface area contributed by atoms with Crippen molar-refractivity contribution in [2.45, 2.75) is 62.4 Å². The summed E-state index contributed by atoms with van der Waals surface area (Å²) in [5, 5.41) is 3.44. The highest BCUT2D eigenvalue weighted by Gasteiger charge is 2.34. The molecule has 2 aromatic rings. The van der Waals surface area contributed by atoms with E-state index in [0.717, 1.165) is 36.2 Å². The maximum absolute atomic E-state index is 13.2. The first-order valence-corrected chi connectivity index (χ1v) is 11.3. The molecule has 1 N–H and O–H groups in total. The molecule has 1 atom stereocenters. The Balaban J connectivity index is 1.57. The van der Waals surface area contributed by atoms with E-state index in [2.05, 4.69) is 10.3 Å². The van der Waals surface area contributed by atoms with Gasteiger partial charge < -0.3 is 5.32 Å². The summed E-state index contributed by atoms with van der Waals surface area (Å²) in [4.78, 5) is 4.92. The molecule has 1 saturated heterocycles. The lowest BCUT2D eigenvalue weighted by Crippen LogP contribution is -2.38. The Hall–Kier alpha value is -1.92. The zero-order valence-corrected chi connectivity index (χ0v) is 16.6. The Kier molecular flexibility index (Phi) is 5.19. The second-order valence-electron chi connectivity index (χ2n) is 7.69. The molecule has 0 bridgehead atoms. The van der Waals surface area contributed by atoms with Gasteiger partial charge in [-0.3, -0.25) is 0 Å². The van der Waals surface area contributed by atoms with Gasteiger partial charge in [-0.1, -0.05) is 30.2 Å². The van der Waals surface area contributed by atoms with E-state index in [-0.39, 0.29) is 6.04 Å². The molecule has 1 aliphatic heterocycles. The molecule has 6 heteroatoms. The molecular formula is C21H27N3O2S. The van der Waals surface area contributed by atoms with Crippen LogP contribution in [-0.4, -0.2) is 30.3 Å². The van der Waals surface area contributed by atoms with Gasteiger partial charge in [0.2, 0.25) is 10.0 Å². The number of sulfonamides is 1. The maximum atomic E-state index is 13.2. The largest absolute Gasteiger partial charge is 0.367 e. The summed E-state index contributed by atoms with van der Waals surface area (Å²) in [7, 11) is -3.51. The lowest BCUT2D eigenvalue weighted by Gasteiger charge is -2.35. The molecule has 144 valence electrons. The number of pyridine rings is 1. The first kappa shape index (κ1) is 18.4. The van der Waals surface area contributed by atoms with Crippen LogP contribution in [0.1, 0.15) is 55.7 Å². The van der Waals surface area contributed by atoms with Crippen molar-refractivity contribution in [3.63, 3.8) is 0 Å². The summed E-state index contributed by atoms with van der Waals surface area (Å²) in [6, 6.07) is 11.5. The Morgan fingerprint density at radius 2 is 1.78 bits per heavy atom. The standard InChI is InChI=1S/C21H27N3O2S/c1-16-8-11-19(12-9-16)27(25,26)24-14-3-2-7-20(24)17-10-13-21(22-15-17)23-18-5-4-6-18/h8-13,15,18,20H,2-7,14H2,1H3,(H,22,23). The van der Waals surface area contributed by atoms with Crippen LogP contribution in [0.2, 0.25) is 0 Å². The highest BCUT2D eigenvalue weighted by Crippen LogP contribution is 2.35. The fourth-order valence-electron chi connectivity index (χ4n) is 3.82. The first-order chi connectivity index (χ1) is 13.0. The SMILES string of the molecule is Cc1ccc(S(=O)(=O)N2CCCCC2c2ccc(NC3CCC3)nc2)cc1. The van der Waals surface area contributed by atoms with Crippen LogP contribution in [0.25, 0.3) is 0 Å². The third-order valence-corrected chi connectivity index (χ3v) is 7.63. The van der Waals surface area contributed by atoms with Crippen LogP contribution >= 0.6 is 0 Å². The van der Waals surface area contributed by atoms with Gasteiger partial charge in [-0.2, -0.15) is 4.31 Å². The Labute approximate surface area is 161 Å². The second kappa shape index (κ2) is 7.60. The quantitative estimate of drug-likeness (QED) is 0.835. The zero-order valence-electron chi connectivity index (χ0n) is 15.8. The maximum Gasteiger partial charge on any atom is 0.243 e. The van der Waals surface area contributed by atoms with E-state index in [4.69, 9.17) is 0 Å². The number of nitrogens with zero attached hydrogens (tertiary/aromatic N) is 2. The summed E-state index contributed by atoms with van der Waals surface area (Å²) in [6.45, 7) is 2.52. The summed E-state index contributed by atoms with van der Waals surface area (Å²) in [6.07, 6.45) is 8.30. The number of aromatic nitrogens is 1. The lowest BCUT2D eigenvalue weighted by molar-refractivity contribution is 0.255. The molecule has 2 fully saturated rings. The first-order valence-electron chi connectivity index (χ1n) is 9.85. The van der Waals surface area contributed by atoms with Crippen molar-refractivity contribution in [1.29, 1.82) is 0 Å². The van der Waals surface area contributed by atoms with Crippen LogP contribution in [0.5, 0.6) is 0 Å². The van der Waals surface area contributed by atoms with Gasteiger partial charge in [0.05, 0.1) is 10.9 Å². The third kappa shape index (κ3) is 3.87. The smallest absolute Gasteiger partial charge is 0.243 e. The fourth-order valence-corrected chi connectivity index (χ4v) is 5.50. The van der Waals surface area contributed by atoms with Gasteiger partial charge in [0.15, 0.2) is 0 Å². The molecule has 5 nitrogen and oxygen atoms in total. The van der Waals surface area contributed by atoms with Crippen LogP contribution < -0.4 is 5.32 Å². The van der Waals surface area contributed by atoms with Crippen molar-refractivity contribution in [2.75, 3.05) is 11.9 Å². The minimum atomic E-state index is -3.51. The second-order valence-corrected chi connectivity index (χ2v) is 9.58. The van der Waals surface area contributed by atoms with E-state index in [1.54, 1.807) is 16.4 Å². The van der Waals surface area contributed by atoms with E-state index in [1.807, 2.05) is 37.4 Å². The van der Waals surface area contributed by atoms with Gasteiger partial charge in [-0.05, 0) is 62.8 Å². The van der Waals surface area contributed by atoms with Crippen LogP contribution in [0, 0.1) is 6.92 Å². The molecule has 2 heterocycles. The van der Waals surface area contributed by atoms with E-state index < -0.39 is 10.0 Å². The Bertz CT molecular complexity index is 875. The van der Waals surface area contributed by atoms with Crippen LogP contribution in [0.15, 0.2) is 47.5 Å². The van der Waals surface area contributed by atoms with E-state index in [1.165, 1.54) is 19.3 Å². The molecule has 1 aromatic carbocycles. The summed E-state index contributed by atoms with van der Waals surface area (Å²) >= 11 is 0. The van der Waals surface area contributed by atoms with Crippen molar-refractivity contribution in [2.24, 2.45) is 0 Å². The van der Waals surface area contributed by atoms with Crippen molar-refractivity contribution in [3.8, 4) is 0 Å². The number of rotatable bonds is 5. The molecular weight excluding hydrogens is 358 g/mol. The van der Waals surface area contributed by atoms with Crippen molar-refractivity contribution < 1.29 is 8.42 Å². The fraction of sp³-hybridized carbons (Fsp3) is 0.476. The number of hydrogen-bond acceptors (Lipinski definition) is 4. The summed E-state index contributed by atoms with van der Waals surface area (Å²) in [5.41, 5.74) is 2.03. The van der Waals surface area contributed by atoms with Gasteiger partial charge in [-0.15, -0.1) is 0 Å². The molecule has 27 heavy (non-hydrogen) atoms. The molecule has 1 saturated carbocycles. The minimum Gasteiger partial charge on any atom is -0.367 e. The van der Waals surface area contributed by atoms with Crippen molar-refractivity contribution in [3.05, 3.63) is 53.7 Å². The van der Waals surface area contributed by atoms with Gasteiger partial charge in [0.25, 0.3) is 0 Å². The normalized spacial score (nSPS) is 21.6. The highest BCUT2D eigenvalue weighted by atomic mass is 32.2. The highest BCUT2D eigenvalue weighted by molar-refractivity contribution is 7.89. The predicted octanol–water partition coefficient (Wildman–Crippen LogP) is 4.27. The number of aryl methyl sites for hydroxylation is 1. The molecule has 0 radical (unpaired) electrons. The summed E-state index contributed by atoms with van der Waals surface area (Å²) < 4.78 is 28.1. The van der Waals surface area contributed by atoms with Gasteiger partial charge in [-0.25, -0.2) is 13.4 Å². The molecule has 1 aliphatic carbocycles. The molecule has 2 aliphatic rings. The lowest BCUT2D eigenvalue weighted by atomic mass is 9.93. The van der Waals surface area contributed by atoms with Gasteiger partial charge in [0, 0.05) is 18.8 Å². The van der Waals surface area contributed by atoms with Crippen molar-refractivity contribution >= 4 is 15.8 Å². The molecule has 1 unspecified atom stereocenters. The van der Waals surface area contributed by atoms with Crippen molar-refractivity contribution in [1.82, 2.24) is 9.29 Å². The third-order valence-electron chi connectivity index (χ3n) is 5.71. The predicted molar refractivity (Wildman–Crippen MR) is 107 cm³/mol. The average Bonchev–Trinajstić information content (AvgIpc) is 2.66. The van der Waals surface area contributed by atoms with Gasteiger partial charge in [0.1, 0.15) is 5.82 Å². The topological polar surface area (TPSA) is 62.3 Å². The number of piperidine rings is 1. The number of hydrogen-bond donors (Lipinski definition) is 1. The van der Waals surface area contributed by atoms with Crippen LogP contribution in [0.4, 0.5) is 5.82 Å². The van der Waals surface area contributed by atoms with Crippen LogP contribution in [-0.2, 0) is 10.0 Å². The summed E-state index contributed by atoms with van der Waals surface area (Å²) in [5.74, 6) is 0.882. The number of anilines is 1. The molecule has 1 aromatic heterocycles. The number of nitrogens with one attached hydrogen (secondary N) is 1. The van der Waals surface area contributed by atoms with E-state index in [0.29, 0.717) is 17.5 Å². The van der Waals surface area contributed by atoms with Crippen LogP contribution in [0.3, 0.4) is 0 Å². The average molecular weight is 386 g/mol. The minimum absolute atomic E-state index is 0.143. The zero-order chi connectivity index (χ0) is 18.9. The molecule has 4 rings (SSSR count). The molecule has 0 spiro atoms. The Morgan fingerprint density at radius 1 is 1.00 bits per heavy atom. The monoisotopic (exact) mass is 385 g/mol. The van der Waals surface area contributed by atoms with E-state index >= 15 is 0 Å². The number of benzene rings is 1. The Morgan fingerprint density at radius 3 is 2.41 bits per heavy atom. The molecule has 0 amide bonds.